The summed E-state index contributed by atoms with van der Waals surface area (Å²) in [6.07, 6.45) is 3.87. The third-order valence-corrected chi connectivity index (χ3v) is 6.68. The van der Waals surface area contributed by atoms with E-state index in [2.05, 4.69) is 28.1 Å². The minimum Gasteiger partial charge on any atom is -0.351 e. The van der Waals surface area contributed by atoms with Gasteiger partial charge in [0.2, 0.25) is 0 Å². The molecule has 4 nitrogen and oxygen atoms in total. The number of nitriles is 2. The number of ketones is 1. The molecule has 3 atom stereocenters. The van der Waals surface area contributed by atoms with Crippen molar-refractivity contribution in [3.63, 3.8) is 0 Å². The number of benzene rings is 2. The molecule has 0 saturated carbocycles. The van der Waals surface area contributed by atoms with E-state index in [0.29, 0.717) is 0 Å². The van der Waals surface area contributed by atoms with Gasteiger partial charge in [-0.2, -0.15) is 10.5 Å². The van der Waals surface area contributed by atoms with Crippen LogP contribution in [0.15, 0.2) is 59.1 Å². The standard InChI is InChI=1S/C25H22BrN3O/c1-24(2,3)23(30)22-21(17-8-11-18(26)12-9-17)25(14-27,15-28)20-13-10-16-6-4-5-7-19(16)29(20)22/h4-13,20-22H,1-3H3/t20-,21+,22-/m1/s1. The van der Waals surface area contributed by atoms with Gasteiger partial charge < -0.3 is 4.90 Å². The van der Waals surface area contributed by atoms with Crippen molar-refractivity contribution in [3.8, 4) is 12.1 Å². The van der Waals surface area contributed by atoms with Crippen LogP contribution in [-0.4, -0.2) is 17.9 Å². The predicted molar refractivity (Wildman–Crippen MR) is 121 cm³/mol. The van der Waals surface area contributed by atoms with Gasteiger partial charge in [-0.15, -0.1) is 0 Å². The molecule has 1 fully saturated rings. The van der Waals surface area contributed by atoms with Crippen molar-refractivity contribution >= 4 is 33.5 Å². The SMILES string of the molecule is CC(C)(C)C(=O)[C@H]1[C@H](c2ccc(Br)cc2)C(C#N)(C#N)[C@H]2C=Cc3ccccc3N12. The van der Waals surface area contributed by atoms with Gasteiger partial charge in [-0.3, -0.25) is 4.79 Å². The molecule has 5 heteroatoms. The van der Waals surface area contributed by atoms with Gasteiger partial charge in [-0.1, -0.05) is 79.2 Å². The molecular weight excluding hydrogens is 438 g/mol. The Morgan fingerprint density at radius 2 is 1.70 bits per heavy atom. The van der Waals surface area contributed by atoms with Gasteiger partial charge in [0.05, 0.1) is 24.2 Å². The molecule has 0 unspecified atom stereocenters. The maximum atomic E-state index is 13.8. The molecule has 2 aliphatic heterocycles. The topological polar surface area (TPSA) is 67.9 Å². The zero-order chi connectivity index (χ0) is 21.7. The Bertz CT molecular complexity index is 1100. The van der Waals surface area contributed by atoms with Crippen molar-refractivity contribution in [3.05, 3.63) is 70.2 Å². The minimum atomic E-state index is -1.39. The van der Waals surface area contributed by atoms with Crippen LogP contribution in [0.4, 0.5) is 5.69 Å². The quantitative estimate of drug-likeness (QED) is 0.597. The first-order valence-electron chi connectivity index (χ1n) is 9.92. The second-order valence-electron chi connectivity index (χ2n) is 8.95. The number of rotatable bonds is 2. The zero-order valence-corrected chi connectivity index (χ0v) is 18.7. The van der Waals surface area contributed by atoms with Crippen LogP contribution in [0.5, 0.6) is 0 Å². The lowest BCUT2D eigenvalue weighted by atomic mass is 9.68. The number of carbonyl (C=O) groups excluding carboxylic acids is 1. The van der Waals surface area contributed by atoms with Crippen LogP contribution in [0, 0.1) is 33.5 Å². The first kappa shape index (κ1) is 20.4. The van der Waals surface area contributed by atoms with Crippen LogP contribution < -0.4 is 4.90 Å². The smallest absolute Gasteiger partial charge is 0.176 e. The highest BCUT2D eigenvalue weighted by Gasteiger charge is 2.64. The number of hydrogen-bond donors (Lipinski definition) is 0. The Kier molecular flexibility index (Phi) is 4.83. The highest BCUT2D eigenvalue weighted by atomic mass is 79.9. The van der Waals surface area contributed by atoms with Gasteiger partial charge in [0.1, 0.15) is 0 Å². The van der Waals surface area contributed by atoms with Crippen LogP contribution in [-0.2, 0) is 4.79 Å². The van der Waals surface area contributed by atoms with Crippen molar-refractivity contribution in [1.29, 1.82) is 10.5 Å². The van der Waals surface area contributed by atoms with E-state index in [9.17, 15) is 15.3 Å². The van der Waals surface area contributed by atoms with Crippen LogP contribution in [0.25, 0.3) is 6.08 Å². The number of para-hydroxylation sites is 1. The largest absolute Gasteiger partial charge is 0.351 e. The third kappa shape index (κ3) is 2.89. The molecule has 30 heavy (non-hydrogen) atoms. The molecule has 0 spiro atoms. The molecule has 0 radical (unpaired) electrons. The number of fused-ring (bicyclic) bond motifs is 3. The average Bonchev–Trinajstić information content (AvgIpc) is 3.04. The summed E-state index contributed by atoms with van der Waals surface area (Å²) in [4.78, 5) is 15.8. The first-order chi connectivity index (χ1) is 14.2. The second kappa shape index (κ2) is 7.11. The van der Waals surface area contributed by atoms with E-state index < -0.39 is 28.8 Å². The summed E-state index contributed by atoms with van der Waals surface area (Å²) >= 11 is 3.46. The van der Waals surface area contributed by atoms with Gasteiger partial charge in [-0.25, -0.2) is 0 Å². The second-order valence-corrected chi connectivity index (χ2v) is 9.87. The van der Waals surface area contributed by atoms with Gasteiger partial charge >= 0.3 is 0 Å². The molecule has 2 aliphatic rings. The summed E-state index contributed by atoms with van der Waals surface area (Å²) in [6.45, 7) is 5.69. The summed E-state index contributed by atoms with van der Waals surface area (Å²) in [5, 5.41) is 20.7. The van der Waals surface area contributed by atoms with E-state index >= 15 is 0 Å². The molecule has 1 saturated heterocycles. The Hall–Kier alpha value is -2.89. The molecule has 2 heterocycles. The van der Waals surface area contributed by atoms with Crippen molar-refractivity contribution < 1.29 is 4.79 Å². The highest BCUT2D eigenvalue weighted by Crippen LogP contribution is 2.56. The summed E-state index contributed by atoms with van der Waals surface area (Å²) in [6, 6.07) is 19.0. The van der Waals surface area contributed by atoms with Crippen LogP contribution in [0.1, 0.15) is 37.8 Å². The van der Waals surface area contributed by atoms with Crippen molar-refractivity contribution in [2.45, 2.75) is 38.8 Å². The molecule has 4 rings (SSSR count). The normalized spacial score (nSPS) is 23.8. The molecule has 0 aromatic heterocycles. The fraction of sp³-hybridized carbons (Fsp3) is 0.320. The summed E-state index contributed by atoms with van der Waals surface area (Å²) < 4.78 is 0.908. The van der Waals surface area contributed by atoms with E-state index in [-0.39, 0.29) is 5.78 Å². The van der Waals surface area contributed by atoms with Gasteiger partial charge in [0.15, 0.2) is 11.2 Å². The number of nitrogens with zero attached hydrogens (tertiary/aromatic N) is 3. The van der Waals surface area contributed by atoms with E-state index in [1.54, 1.807) is 0 Å². The maximum absolute atomic E-state index is 13.8. The Balaban J connectivity index is 2.02. The summed E-state index contributed by atoms with van der Waals surface area (Å²) in [5.41, 5.74) is 0.691. The molecule has 2 aromatic carbocycles. The average molecular weight is 460 g/mol. The van der Waals surface area contributed by atoms with Crippen molar-refractivity contribution in [2.75, 3.05) is 4.90 Å². The monoisotopic (exact) mass is 459 g/mol. The molecule has 150 valence electrons. The van der Waals surface area contributed by atoms with Crippen molar-refractivity contribution in [2.24, 2.45) is 10.8 Å². The predicted octanol–water partition coefficient (Wildman–Crippen LogP) is 5.47. The van der Waals surface area contributed by atoms with Gasteiger partial charge in [0.25, 0.3) is 0 Å². The first-order valence-corrected chi connectivity index (χ1v) is 10.7. The summed E-state index contributed by atoms with van der Waals surface area (Å²) in [7, 11) is 0. The number of halogens is 1. The van der Waals surface area contributed by atoms with E-state index in [1.165, 1.54) is 0 Å². The fourth-order valence-electron chi connectivity index (χ4n) is 4.72. The van der Waals surface area contributed by atoms with Gasteiger partial charge in [-0.05, 0) is 29.3 Å². The molecule has 2 aromatic rings. The Morgan fingerprint density at radius 3 is 2.30 bits per heavy atom. The van der Waals surface area contributed by atoms with Gasteiger partial charge in [0, 0.05) is 21.5 Å². The van der Waals surface area contributed by atoms with Crippen LogP contribution in [0.2, 0.25) is 0 Å². The van der Waals surface area contributed by atoms with E-state index in [1.807, 2.05) is 86.4 Å². The highest BCUT2D eigenvalue weighted by molar-refractivity contribution is 9.10. The molecule has 0 bridgehead atoms. The Morgan fingerprint density at radius 1 is 1.07 bits per heavy atom. The zero-order valence-electron chi connectivity index (χ0n) is 17.1. The number of carbonyl (C=O) groups is 1. The lowest BCUT2D eigenvalue weighted by molar-refractivity contribution is -0.127. The maximum Gasteiger partial charge on any atom is 0.176 e. The van der Waals surface area contributed by atoms with E-state index in [0.717, 1.165) is 21.3 Å². The van der Waals surface area contributed by atoms with Crippen LogP contribution >= 0.6 is 15.9 Å². The van der Waals surface area contributed by atoms with Crippen LogP contribution in [0.3, 0.4) is 0 Å². The lowest BCUT2D eigenvalue weighted by Gasteiger charge is -2.37. The lowest BCUT2D eigenvalue weighted by Crippen LogP contribution is -2.47. The minimum absolute atomic E-state index is 0.0258. The number of hydrogen-bond acceptors (Lipinski definition) is 4. The molecule has 0 N–H and O–H groups in total. The third-order valence-electron chi connectivity index (χ3n) is 6.15. The Labute approximate surface area is 185 Å². The molecule has 0 aliphatic carbocycles. The fourth-order valence-corrected chi connectivity index (χ4v) is 4.99. The summed E-state index contributed by atoms with van der Waals surface area (Å²) in [5.74, 6) is -0.550. The number of Topliss-reactive ketones (excluding diaryl/α,β-unsaturated/α-hetero) is 1. The molecule has 0 amide bonds. The van der Waals surface area contributed by atoms with E-state index in [4.69, 9.17) is 0 Å². The number of anilines is 1. The molecular formula is C25H22BrN3O. The van der Waals surface area contributed by atoms with Crippen molar-refractivity contribution in [1.82, 2.24) is 0 Å².